The van der Waals surface area contributed by atoms with Crippen LogP contribution in [0.25, 0.3) is 5.69 Å². The maximum atomic E-state index is 13.1. The molecule has 0 aliphatic heterocycles. The highest BCUT2D eigenvalue weighted by Gasteiger charge is 2.33. The summed E-state index contributed by atoms with van der Waals surface area (Å²) in [5, 5.41) is 8.85. The maximum Gasteiger partial charge on any atom is 0.418 e. The van der Waals surface area contributed by atoms with Gasteiger partial charge in [-0.3, -0.25) is 5.32 Å². The minimum atomic E-state index is -4.60. The third kappa shape index (κ3) is 4.25. The zero-order valence-corrected chi connectivity index (χ0v) is 14.0. The van der Waals surface area contributed by atoms with E-state index in [2.05, 4.69) is 15.7 Å². The van der Waals surface area contributed by atoms with Crippen molar-refractivity contribution in [3.05, 3.63) is 71.7 Å². The van der Waals surface area contributed by atoms with Crippen LogP contribution in [0.2, 0.25) is 0 Å². The Hall–Kier alpha value is -3.36. The Kier molecular flexibility index (Phi) is 4.85. The molecule has 2 aromatic carbocycles. The van der Waals surface area contributed by atoms with E-state index in [0.717, 1.165) is 12.1 Å². The molecule has 9 heteroatoms. The minimum Gasteiger partial charge on any atom is -0.307 e. The van der Waals surface area contributed by atoms with Gasteiger partial charge in [-0.1, -0.05) is 12.1 Å². The highest BCUT2D eigenvalue weighted by Crippen LogP contribution is 2.34. The molecule has 0 saturated carbocycles. The second-order valence-electron chi connectivity index (χ2n) is 5.68. The number of rotatable bonds is 3. The number of anilines is 2. The zero-order chi connectivity index (χ0) is 19.6. The Balaban J connectivity index is 1.83. The van der Waals surface area contributed by atoms with E-state index in [1.807, 2.05) is 0 Å². The average Bonchev–Trinajstić information content (AvgIpc) is 2.95. The smallest absolute Gasteiger partial charge is 0.307 e. The topological polar surface area (TPSA) is 59.0 Å². The van der Waals surface area contributed by atoms with Crippen LogP contribution in [-0.2, 0) is 6.18 Å². The third-order valence-corrected chi connectivity index (χ3v) is 3.62. The van der Waals surface area contributed by atoms with Crippen LogP contribution in [0.15, 0.2) is 54.6 Å². The van der Waals surface area contributed by atoms with Crippen LogP contribution in [0.5, 0.6) is 0 Å². The third-order valence-electron chi connectivity index (χ3n) is 3.62. The Morgan fingerprint density at radius 1 is 1.04 bits per heavy atom. The molecule has 0 atom stereocenters. The monoisotopic (exact) mass is 378 g/mol. The van der Waals surface area contributed by atoms with Crippen LogP contribution in [0, 0.1) is 12.7 Å². The molecule has 0 bridgehead atoms. The molecule has 0 saturated heterocycles. The number of aromatic nitrogens is 2. The number of aryl methyl sites for hydroxylation is 1. The molecule has 0 fully saturated rings. The lowest BCUT2D eigenvalue weighted by atomic mass is 10.1. The van der Waals surface area contributed by atoms with E-state index in [-0.39, 0.29) is 11.5 Å². The number of urea groups is 1. The van der Waals surface area contributed by atoms with E-state index >= 15 is 0 Å². The van der Waals surface area contributed by atoms with Crippen LogP contribution >= 0.6 is 0 Å². The van der Waals surface area contributed by atoms with Gasteiger partial charge in [-0.05, 0) is 43.3 Å². The van der Waals surface area contributed by atoms with Crippen molar-refractivity contribution >= 4 is 17.5 Å². The summed E-state index contributed by atoms with van der Waals surface area (Å²) in [5.41, 5.74) is -0.281. The van der Waals surface area contributed by atoms with Crippen molar-refractivity contribution in [2.24, 2.45) is 0 Å². The van der Waals surface area contributed by atoms with E-state index in [4.69, 9.17) is 0 Å². The van der Waals surface area contributed by atoms with Gasteiger partial charge in [-0.25, -0.2) is 13.9 Å². The number of carbonyl (C=O) groups is 1. The fraction of sp³-hybridized carbons (Fsp3) is 0.111. The Morgan fingerprint density at radius 2 is 1.70 bits per heavy atom. The Morgan fingerprint density at radius 3 is 2.37 bits per heavy atom. The van der Waals surface area contributed by atoms with Crippen LogP contribution in [0.3, 0.4) is 0 Å². The maximum absolute atomic E-state index is 13.1. The van der Waals surface area contributed by atoms with Crippen molar-refractivity contribution in [3.63, 3.8) is 0 Å². The van der Waals surface area contributed by atoms with Crippen molar-refractivity contribution in [2.75, 3.05) is 10.6 Å². The lowest BCUT2D eigenvalue weighted by Gasteiger charge is -2.14. The summed E-state index contributed by atoms with van der Waals surface area (Å²) in [6, 6.07) is 10.7. The SMILES string of the molecule is Cc1cc(NC(=O)Nc2ccccc2C(F)(F)F)n(-c2ccc(F)cc2)n1. The van der Waals surface area contributed by atoms with Crippen molar-refractivity contribution in [1.82, 2.24) is 9.78 Å². The summed E-state index contributed by atoms with van der Waals surface area (Å²) >= 11 is 0. The molecular formula is C18H14F4N4O. The Bertz CT molecular complexity index is 964. The first-order valence-electron chi connectivity index (χ1n) is 7.81. The van der Waals surface area contributed by atoms with Gasteiger partial charge in [0.1, 0.15) is 11.6 Å². The number of benzene rings is 2. The lowest BCUT2D eigenvalue weighted by Crippen LogP contribution is -2.23. The summed E-state index contributed by atoms with van der Waals surface area (Å²) in [6.07, 6.45) is -4.60. The second-order valence-corrected chi connectivity index (χ2v) is 5.68. The predicted molar refractivity (Wildman–Crippen MR) is 92.3 cm³/mol. The summed E-state index contributed by atoms with van der Waals surface area (Å²) < 4.78 is 53.5. The number of alkyl halides is 3. The van der Waals surface area contributed by atoms with Gasteiger partial charge in [0, 0.05) is 6.07 Å². The highest BCUT2D eigenvalue weighted by atomic mass is 19.4. The minimum absolute atomic E-state index is 0.223. The molecule has 3 aromatic rings. The molecule has 1 heterocycles. The average molecular weight is 378 g/mol. The number of amides is 2. The fourth-order valence-corrected chi connectivity index (χ4v) is 2.48. The number of halogens is 4. The molecule has 0 radical (unpaired) electrons. The summed E-state index contributed by atoms with van der Waals surface area (Å²) in [6.45, 7) is 1.68. The van der Waals surface area contributed by atoms with Crippen molar-refractivity contribution in [1.29, 1.82) is 0 Å². The first kappa shape index (κ1) is 18.4. The van der Waals surface area contributed by atoms with Gasteiger partial charge in [-0.15, -0.1) is 0 Å². The summed E-state index contributed by atoms with van der Waals surface area (Å²) in [4.78, 5) is 12.2. The van der Waals surface area contributed by atoms with Gasteiger partial charge >= 0.3 is 12.2 Å². The number of nitrogens with zero attached hydrogens (tertiary/aromatic N) is 2. The lowest BCUT2D eigenvalue weighted by molar-refractivity contribution is -0.136. The van der Waals surface area contributed by atoms with Crippen molar-refractivity contribution in [3.8, 4) is 5.69 Å². The standard InChI is InChI=1S/C18H14F4N4O/c1-11-10-16(26(25-11)13-8-6-12(19)7-9-13)24-17(27)23-15-5-3-2-4-14(15)18(20,21)22/h2-10H,1H3,(H2,23,24,27). The van der Waals surface area contributed by atoms with Crippen LogP contribution in [-0.4, -0.2) is 15.8 Å². The van der Waals surface area contributed by atoms with Crippen LogP contribution in [0.4, 0.5) is 33.9 Å². The summed E-state index contributed by atoms with van der Waals surface area (Å²) in [7, 11) is 0. The van der Waals surface area contributed by atoms with Gasteiger partial charge in [0.15, 0.2) is 0 Å². The quantitative estimate of drug-likeness (QED) is 0.632. The molecular weight excluding hydrogens is 364 g/mol. The van der Waals surface area contributed by atoms with Gasteiger partial charge in [0.05, 0.1) is 22.6 Å². The molecule has 1 aromatic heterocycles. The van der Waals surface area contributed by atoms with Crippen LogP contribution in [0.1, 0.15) is 11.3 Å². The van der Waals surface area contributed by atoms with E-state index in [1.54, 1.807) is 13.0 Å². The van der Waals surface area contributed by atoms with Crippen molar-refractivity contribution < 1.29 is 22.4 Å². The van der Waals surface area contributed by atoms with E-state index in [1.165, 1.54) is 41.1 Å². The van der Waals surface area contributed by atoms with Crippen LogP contribution < -0.4 is 10.6 Å². The van der Waals surface area contributed by atoms with Crippen molar-refractivity contribution in [2.45, 2.75) is 13.1 Å². The fourth-order valence-electron chi connectivity index (χ4n) is 2.48. The molecule has 2 amide bonds. The molecule has 5 nitrogen and oxygen atoms in total. The molecule has 0 aliphatic rings. The molecule has 0 aliphatic carbocycles. The van der Waals surface area contributed by atoms with Gasteiger partial charge in [0.2, 0.25) is 0 Å². The molecule has 2 N–H and O–H groups in total. The normalized spacial score (nSPS) is 11.3. The Labute approximate surface area is 151 Å². The molecule has 0 spiro atoms. The molecule has 140 valence electrons. The number of para-hydroxylation sites is 1. The first-order chi connectivity index (χ1) is 12.7. The first-order valence-corrected chi connectivity index (χ1v) is 7.81. The molecule has 0 unspecified atom stereocenters. The number of hydrogen-bond acceptors (Lipinski definition) is 2. The number of carbonyl (C=O) groups excluding carboxylic acids is 1. The number of nitrogens with one attached hydrogen (secondary N) is 2. The zero-order valence-electron chi connectivity index (χ0n) is 14.0. The highest BCUT2D eigenvalue weighted by molar-refractivity contribution is 6.00. The van der Waals surface area contributed by atoms with E-state index < -0.39 is 23.6 Å². The van der Waals surface area contributed by atoms with Gasteiger partial charge in [0.25, 0.3) is 0 Å². The van der Waals surface area contributed by atoms with E-state index in [9.17, 15) is 22.4 Å². The second kappa shape index (κ2) is 7.10. The van der Waals surface area contributed by atoms with Gasteiger partial charge in [-0.2, -0.15) is 18.3 Å². The van der Waals surface area contributed by atoms with Gasteiger partial charge < -0.3 is 5.32 Å². The number of hydrogen-bond donors (Lipinski definition) is 2. The predicted octanol–water partition coefficient (Wildman–Crippen LogP) is 4.98. The largest absolute Gasteiger partial charge is 0.418 e. The molecule has 27 heavy (non-hydrogen) atoms. The molecule has 3 rings (SSSR count). The van der Waals surface area contributed by atoms with E-state index in [0.29, 0.717) is 11.4 Å². The summed E-state index contributed by atoms with van der Waals surface area (Å²) in [5.74, 6) is -0.209.